The van der Waals surface area contributed by atoms with Gasteiger partial charge in [0, 0.05) is 25.0 Å². The molecule has 21 heavy (non-hydrogen) atoms. The summed E-state index contributed by atoms with van der Waals surface area (Å²) in [5.41, 5.74) is 1.78. The number of benzene rings is 1. The van der Waals surface area contributed by atoms with Crippen molar-refractivity contribution in [2.24, 2.45) is 0 Å². The van der Waals surface area contributed by atoms with E-state index in [2.05, 4.69) is 10.4 Å². The summed E-state index contributed by atoms with van der Waals surface area (Å²) in [7, 11) is 0. The van der Waals surface area contributed by atoms with Crippen molar-refractivity contribution < 1.29 is 9.18 Å². The lowest BCUT2D eigenvalue weighted by atomic mass is 10.2. The fourth-order valence-corrected chi connectivity index (χ4v) is 2.44. The third-order valence-electron chi connectivity index (χ3n) is 3.55. The topological polar surface area (TPSA) is 50.2 Å². The number of hydrogen-bond donors (Lipinski definition) is 1. The number of halogens is 1. The Bertz CT molecular complexity index is 661. The molecule has 110 valence electrons. The number of aromatic nitrogens is 2. The first kappa shape index (κ1) is 13.6. The van der Waals surface area contributed by atoms with Crippen molar-refractivity contribution in [3.05, 3.63) is 42.0 Å². The molecule has 2 heterocycles. The molecule has 1 N–H and O–H groups in total. The zero-order chi connectivity index (χ0) is 14.8. The van der Waals surface area contributed by atoms with E-state index in [1.54, 1.807) is 29.4 Å². The molecule has 0 aliphatic carbocycles. The molecule has 1 aromatic carbocycles. The number of amides is 2. The van der Waals surface area contributed by atoms with Crippen LogP contribution in [-0.4, -0.2) is 33.8 Å². The molecule has 0 atom stereocenters. The highest BCUT2D eigenvalue weighted by Gasteiger charge is 2.18. The molecule has 2 amide bonds. The predicted octanol–water partition coefficient (Wildman–Crippen LogP) is 2.95. The van der Waals surface area contributed by atoms with Crippen LogP contribution in [0, 0.1) is 12.7 Å². The average Bonchev–Trinajstić information content (AvgIpc) is 3.10. The summed E-state index contributed by atoms with van der Waals surface area (Å²) < 4.78 is 15.6. The molecule has 1 aliphatic rings. The number of carbonyl (C=O) groups is 1. The highest BCUT2D eigenvalue weighted by atomic mass is 19.1. The van der Waals surface area contributed by atoms with E-state index < -0.39 is 5.82 Å². The molecule has 1 saturated heterocycles. The second-order valence-corrected chi connectivity index (χ2v) is 5.25. The Morgan fingerprint density at radius 2 is 2.10 bits per heavy atom. The second-order valence-electron chi connectivity index (χ2n) is 5.25. The van der Waals surface area contributed by atoms with E-state index in [0.717, 1.165) is 31.5 Å². The van der Waals surface area contributed by atoms with Crippen molar-refractivity contribution in [3.8, 4) is 5.69 Å². The maximum Gasteiger partial charge on any atom is 0.321 e. The van der Waals surface area contributed by atoms with Crippen LogP contribution in [0.5, 0.6) is 0 Å². The van der Waals surface area contributed by atoms with Gasteiger partial charge in [0.25, 0.3) is 0 Å². The van der Waals surface area contributed by atoms with Gasteiger partial charge in [0.1, 0.15) is 5.69 Å². The summed E-state index contributed by atoms with van der Waals surface area (Å²) in [6.45, 7) is 3.42. The van der Waals surface area contributed by atoms with Gasteiger partial charge in [-0.25, -0.2) is 13.9 Å². The molecule has 1 fully saturated rings. The van der Waals surface area contributed by atoms with Crippen molar-refractivity contribution in [3.63, 3.8) is 0 Å². The van der Waals surface area contributed by atoms with Crippen LogP contribution in [0.4, 0.5) is 14.9 Å². The largest absolute Gasteiger partial charge is 0.325 e. The zero-order valence-corrected chi connectivity index (χ0v) is 11.8. The Morgan fingerprint density at radius 1 is 1.33 bits per heavy atom. The summed E-state index contributed by atoms with van der Waals surface area (Å²) >= 11 is 0. The quantitative estimate of drug-likeness (QED) is 0.923. The fraction of sp³-hybridized carbons (Fsp3) is 0.333. The Hall–Kier alpha value is -2.37. The van der Waals surface area contributed by atoms with Crippen LogP contribution < -0.4 is 5.32 Å². The molecule has 0 unspecified atom stereocenters. The highest BCUT2D eigenvalue weighted by Crippen LogP contribution is 2.19. The molecule has 0 radical (unpaired) electrons. The minimum absolute atomic E-state index is 0.172. The Labute approximate surface area is 122 Å². The van der Waals surface area contributed by atoms with Crippen molar-refractivity contribution in [1.82, 2.24) is 14.7 Å². The first-order valence-corrected chi connectivity index (χ1v) is 7.00. The number of urea groups is 1. The molecule has 1 aliphatic heterocycles. The summed E-state index contributed by atoms with van der Waals surface area (Å²) in [5.74, 6) is -0.419. The van der Waals surface area contributed by atoms with E-state index in [4.69, 9.17) is 0 Å². The van der Waals surface area contributed by atoms with E-state index in [9.17, 15) is 9.18 Å². The Morgan fingerprint density at radius 3 is 2.71 bits per heavy atom. The molecule has 6 heteroatoms. The standard InChI is InChI=1S/C15H17FN4O/c1-11-9-17-20(10-11)14-5-4-12(8-13(14)16)18-15(21)19-6-2-3-7-19/h4-5,8-10H,2-3,6-7H2,1H3,(H,18,21). The van der Waals surface area contributed by atoms with Crippen molar-refractivity contribution in [1.29, 1.82) is 0 Å². The Balaban J connectivity index is 1.76. The summed E-state index contributed by atoms with van der Waals surface area (Å²) in [5, 5.41) is 6.81. The van der Waals surface area contributed by atoms with E-state index >= 15 is 0 Å². The fourth-order valence-electron chi connectivity index (χ4n) is 2.44. The number of hydrogen-bond acceptors (Lipinski definition) is 2. The van der Waals surface area contributed by atoms with E-state index in [0.29, 0.717) is 11.4 Å². The third-order valence-corrected chi connectivity index (χ3v) is 3.55. The van der Waals surface area contributed by atoms with Crippen LogP contribution in [0.1, 0.15) is 18.4 Å². The summed E-state index contributed by atoms with van der Waals surface area (Å²) in [6, 6.07) is 4.44. The van der Waals surface area contributed by atoms with Crippen molar-refractivity contribution in [2.75, 3.05) is 18.4 Å². The minimum Gasteiger partial charge on any atom is -0.325 e. The van der Waals surface area contributed by atoms with Crippen molar-refractivity contribution in [2.45, 2.75) is 19.8 Å². The molecule has 3 rings (SSSR count). The molecule has 5 nitrogen and oxygen atoms in total. The van der Waals surface area contributed by atoms with Gasteiger partial charge in [-0.3, -0.25) is 0 Å². The predicted molar refractivity (Wildman–Crippen MR) is 78.1 cm³/mol. The van der Waals surface area contributed by atoms with Gasteiger partial charge in [0.15, 0.2) is 5.82 Å². The lowest BCUT2D eigenvalue weighted by Gasteiger charge is -2.16. The second kappa shape index (κ2) is 5.55. The lowest BCUT2D eigenvalue weighted by Crippen LogP contribution is -2.32. The number of rotatable bonds is 2. The maximum atomic E-state index is 14.1. The van der Waals surface area contributed by atoms with Crippen LogP contribution in [0.15, 0.2) is 30.6 Å². The van der Waals surface area contributed by atoms with Crippen LogP contribution in [0.25, 0.3) is 5.69 Å². The molecule has 2 aromatic rings. The molecule has 0 bridgehead atoms. The SMILES string of the molecule is Cc1cnn(-c2ccc(NC(=O)N3CCCC3)cc2F)c1. The zero-order valence-electron chi connectivity index (χ0n) is 11.8. The summed E-state index contributed by atoms with van der Waals surface area (Å²) in [4.78, 5) is 13.7. The molecule has 0 spiro atoms. The van der Waals surface area contributed by atoms with Gasteiger partial charge in [0.2, 0.25) is 0 Å². The number of nitrogens with one attached hydrogen (secondary N) is 1. The molecule has 0 saturated carbocycles. The summed E-state index contributed by atoms with van der Waals surface area (Å²) in [6.07, 6.45) is 5.47. The van der Waals surface area contributed by atoms with Gasteiger partial charge in [-0.2, -0.15) is 5.10 Å². The van der Waals surface area contributed by atoms with Gasteiger partial charge in [-0.1, -0.05) is 0 Å². The van der Waals surface area contributed by atoms with Gasteiger partial charge in [-0.15, -0.1) is 0 Å². The smallest absolute Gasteiger partial charge is 0.321 e. The third kappa shape index (κ3) is 2.89. The minimum atomic E-state index is -0.419. The first-order chi connectivity index (χ1) is 10.1. The van der Waals surface area contributed by atoms with Gasteiger partial charge in [-0.05, 0) is 43.5 Å². The normalized spacial score (nSPS) is 14.5. The average molecular weight is 288 g/mol. The van der Waals surface area contributed by atoms with Gasteiger partial charge >= 0.3 is 6.03 Å². The van der Waals surface area contributed by atoms with E-state index in [1.807, 2.05) is 6.92 Å². The van der Waals surface area contributed by atoms with Crippen LogP contribution in [-0.2, 0) is 0 Å². The van der Waals surface area contributed by atoms with E-state index in [1.165, 1.54) is 10.7 Å². The van der Waals surface area contributed by atoms with E-state index in [-0.39, 0.29) is 6.03 Å². The lowest BCUT2D eigenvalue weighted by molar-refractivity contribution is 0.222. The molecule has 1 aromatic heterocycles. The van der Waals surface area contributed by atoms with Gasteiger partial charge < -0.3 is 10.2 Å². The highest BCUT2D eigenvalue weighted by molar-refractivity contribution is 5.89. The van der Waals surface area contributed by atoms with Crippen LogP contribution in [0.3, 0.4) is 0 Å². The number of nitrogens with zero attached hydrogens (tertiary/aromatic N) is 3. The first-order valence-electron chi connectivity index (χ1n) is 7.00. The monoisotopic (exact) mass is 288 g/mol. The number of carbonyl (C=O) groups excluding carboxylic acids is 1. The van der Waals surface area contributed by atoms with Gasteiger partial charge in [0.05, 0.1) is 6.20 Å². The number of aryl methyl sites for hydroxylation is 1. The number of anilines is 1. The van der Waals surface area contributed by atoms with Crippen molar-refractivity contribution >= 4 is 11.7 Å². The Kier molecular flexibility index (Phi) is 3.60. The molecular weight excluding hydrogens is 271 g/mol. The number of likely N-dealkylation sites (tertiary alicyclic amines) is 1. The van der Waals surface area contributed by atoms with Crippen LogP contribution >= 0.6 is 0 Å². The van der Waals surface area contributed by atoms with Crippen LogP contribution in [0.2, 0.25) is 0 Å². The molecular formula is C15H17FN4O. The maximum absolute atomic E-state index is 14.1.